The lowest BCUT2D eigenvalue weighted by molar-refractivity contribution is -0.142. The molecule has 1 aromatic rings. The molecule has 0 saturated carbocycles. The van der Waals surface area contributed by atoms with Crippen molar-refractivity contribution < 1.29 is 9.53 Å². The third-order valence-electron chi connectivity index (χ3n) is 2.10. The van der Waals surface area contributed by atoms with Crippen molar-refractivity contribution in [2.45, 2.75) is 19.8 Å². The summed E-state index contributed by atoms with van der Waals surface area (Å²) in [5.74, 6) is -0.146. The van der Waals surface area contributed by atoms with Gasteiger partial charge in [0.05, 0.1) is 13.0 Å². The molecule has 0 spiro atoms. The molecule has 0 bridgehead atoms. The average molecular weight is 222 g/mol. The standard InChI is InChI=1S/C12H18N2O2/c1-2-16-12(15)7-10-13-9-6-11-5-3-4-8-14-11/h3-5,8,13H,2,6-7,9-10H2,1H3. The van der Waals surface area contributed by atoms with Gasteiger partial charge in [-0.05, 0) is 19.1 Å². The maximum atomic E-state index is 11.0. The van der Waals surface area contributed by atoms with E-state index in [2.05, 4.69) is 10.3 Å². The van der Waals surface area contributed by atoms with E-state index in [1.165, 1.54) is 0 Å². The molecule has 0 aliphatic rings. The first-order chi connectivity index (χ1) is 7.83. The van der Waals surface area contributed by atoms with E-state index >= 15 is 0 Å². The number of pyridine rings is 1. The predicted octanol–water partition coefficient (Wildman–Crippen LogP) is 1.17. The minimum atomic E-state index is -0.146. The Hall–Kier alpha value is -1.42. The molecule has 1 N–H and O–H groups in total. The Balaban J connectivity index is 2.02. The Morgan fingerprint density at radius 3 is 3.00 bits per heavy atom. The number of carbonyl (C=O) groups excluding carboxylic acids is 1. The minimum Gasteiger partial charge on any atom is -0.466 e. The van der Waals surface area contributed by atoms with Crippen LogP contribution < -0.4 is 5.32 Å². The van der Waals surface area contributed by atoms with Crippen molar-refractivity contribution in [2.24, 2.45) is 0 Å². The molecule has 1 heterocycles. The molecule has 4 nitrogen and oxygen atoms in total. The fraction of sp³-hybridized carbons (Fsp3) is 0.500. The van der Waals surface area contributed by atoms with Crippen LogP contribution in [0.4, 0.5) is 0 Å². The van der Waals surface area contributed by atoms with E-state index in [0.29, 0.717) is 19.6 Å². The number of nitrogens with one attached hydrogen (secondary N) is 1. The highest BCUT2D eigenvalue weighted by Crippen LogP contribution is 1.93. The van der Waals surface area contributed by atoms with Gasteiger partial charge in [-0.2, -0.15) is 0 Å². The van der Waals surface area contributed by atoms with Crippen LogP contribution in [-0.4, -0.2) is 30.6 Å². The van der Waals surface area contributed by atoms with Crippen molar-refractivity contribution in [3.8, 4) is 0 Å². The molecule has 4 heteroatoms. The molecule has 88 valence electrons. The highest BCUT2D eigenvalue weighted by Gasteiger charge is 2.00. The fourth-order valence-electron chi connectivity index (χ4n) is 1.31. The van der Waals surface area contributed by atoms with E-state index in [9.17, 15) is 4.79 Å². The first-order valence-electron chi connectivity index (χ1n) is 5.59. The van der Waals surface area contributed by atoms with Gasteiger partial charge in [-0.1, -0.05) is 6.07 Å². The Labute approximate surface area is 96.0 Å². The zero-order valence-corrected chi connectivity index (χ0v) is 9.61. The van der Waals surface area contributed by atoms with E-state index in [0.717, 1.165) is 18.7 Å². The van der Waals surface area contributed by atoms with E-state index < -0.39 is 0 Å². The van der Waals surface area contributed by atoms with Crippen molar-refractivity contribution >= 4 is 5.97 Å². The van der Waals surface area contributed by atoms with E-state index in [-0.39, 0.29) is 5.97 Å². The van der Waals surface area contributed by atoms with Crippen LogP contribution in [0.15, 0.2) is 24.4 Å². The van der Waals surface area contributed by atoms with E-state index in [4.69, 9.17) is 4.74 Å². The van der Waals surface area contributed by atoms with Gasteiger partial charge >= 0.3 is 5.97 Å². The molecule has 0 saturated heterocycles. The van der Waals surface area contributed by atoms with E-state index in [1.54, 1.807) is 6.20 Å². The SMILES string of the molecule is CCOC(=O)CCNCCc1ccccn1. The summed E-state index contributed by atoms with van der Waals surface area (Å²) in [6.07, 6.45) is 3.09. The van der Waals surface area contributed by atoms with Crippen molar-refractivity contribution in [3.05, 3.63) is 30.1 Å². The number of nitrogens with zero attached hydrogens (tertiary/aromatic N) is 1. The summed E-state index contributed by atoms with van der Waals surface area (Å²) in [6.45, 7) is 3.75. The summed E-state index contributed by atoms with van der Waals surface area (Å²) in [5, 5.41) is 3.18. The van der Waals surface area contributed by atoms with Crippen LogP contribution >= 0.6 is 0 Å². The summed E-state index contributed by atoms with van der Waals surface area (Å²) in [7, 11) is 0. The second kappa shape index (κ2) is 7.82. The van der Waals surface area contributed by atoms with Gasteiger partial charge < -0.3 is 10.1 Å². The van der Waals surface area contributed by atoms with E-state index in [1.807, 2.05) is 25.1 Å². The summed E-state index contributed by atoms with van der Waals surface area (Å²) < 4.78 is 4.82. The number of hydrogen-bond acceptors (Lipinski definition) is 4. The van der Waals surface area contributed by atoms with Gasteiger partial charge in [-0.3, -0.25) is 9.78 Å². The summed E-state index contributed by atoms with van der Waals surface area (Å²) in [4.78, 5) is 15.2. The Bertz CT molecular complexity index is 301. The van der Waals surface area contributed by atoms with Gasteiger partial charge in [0.25, 0.3) is 0 Å². The van der Waals surface area contributed by atoms with Gasteiger partial charge in [0.1, 0.15) is 0 Å². The summed E-state index contributed by atoms with van der Waals surface area (Å²) in [6, 6.07) is 5.87. The van der Waals surface area contributed by atoms with Crippen LogP contribution in [0.3, 0.4) is 0 Å². The van der Waals surface area contributed by atoms with Gasteiger partial charge in [0, 0.05) is 31.4 Å². The van der Waals surface area contributed by atoms with Gasteiger partial charge in [0.2, 0.25) is 0 Å². The lowest BCUT2D eigenvalue weighted by atomic mass is 10.2. The summed E-state index contributed by atoms with van der Waals surface area (Å²) >= 11 is 0. The number of carbonyl (C=O) groups is 1. The van der Waals surface area contributed by atoms with Crippen LogP contribution in [0.1, 0.15) is 19.0 Å². The molecule has 0 radical (unpaired) electrons. The molecule has 0 aliphatic carbocycles. The Kier molecular flexibility index (Phi) is 6.18. The van der Waals surface area contributed by atoms with Gasteiger partial charge in [-0.15, -0.1) is 0 Å². The van der Waals surface area contributed by atoms with Crippen LogP contribution in [0.5, 0.6) is 0 Å². The molecule has 0 unspecified atom stereocenters. The number of esters is 1. The van der Waals surface area contributed by atoms with Crippen LogP contribution in [0, 0.1) is 0 Å². The van der Waals surface area contributed by atoms with Gasteiger partial charge in [0.15, 0.2) is 0 Å². The first kappa shape index (κ1) is 12.6. The number of aromatic nitrogens is 1. The van der Waals surface area contributed by atoms with Crippen molar-refractivity contribution in [2.75, 3.05) is 19.7 Å². The van der Waals surface area contributed by atoms with Crippen molar-refractivity contribution in [3.63, 3.8) is 0 Å². The highest BCUT2D eigenvalue weighted by atomic mass is 16.5. The largest absolute Gasteiger partial charge is 0.466 e. The molecular formula is C12H18N2O2. The van der Waals surface area contributed by atoms with Crippen LogP contribution in [0.2, 0.25) is 0 Å². The molecule has 0 aromatic carbocycles. The quantitative estimate of drug-likeness (QED) is 0.555. The lowest BCUT2D eigenvalue weighted by Crippen LogP contribution is -2.22. The second-order valence-electron chi connectivity index (χ2n) is 3.38. The molecule has 0 fully saturated rings. The zero-order chi connectivity index (χ0) is 11.6. The molecular weight excluding hydrogens is 204 g/mol. The molecule has 0 amide bonds. The van der Waals surface area contributed by atoms with Crippen molar-refractivity contribution in [1.82, 2.24) is 10.3 Å². The summed E-state index contributed by atoms with van der Waals surface area (Å²) in [5.41, 5.74) is 1.06. The third kappa shape index (κ3) is 5.46. The average Bonchev–Trinajstić information content (AvgIpc) is 2.30. The smallest absolute Gasteiger partial charge is 0.307 e. The normalized spacial score (nSPS) is 10.1. The number of rotatable bonds is 7. The fourth-order valence-corrected chi connectivity index (χ4v) is 1.31. The Morgan fingerprint density at radius 2 is 2.31 bits per heavy atom. The van der Waals surface area contributed by atoms with Gasteiger partial charge in [-0.25, -0.2) is 0 Å². The molecule has 0 atom stereocenters. The maximum absolute atomic E-state index is 11.0. The monoisotopic (exact) mass is 222 g/mol. The molecule has 1 rings (SSSR count). The second-order valence-corrected chi connectivity index (χ2v) is 3.38. The van der Waals surface area contributed by atoms with Crippen LogP contribution in [-0.2, 0) is 16.0 Å². The van der Waals surface area contributed by atoms with Crippen molar-refractivity contribution in [1.29, 1.82) is 0 Å². The number of hydrogen-bond donors (Lipinski definition) is 1. The molecule has 0 aliphatic heterocycles. The molecule has 1 aromatic heterocycles. The maximum Gasteiger partial charge on any atom is 0.307 e. The number of ether oxygens (including phenoxy) is 1. The molecule has 16 heavy (non-hydrogen) atoms. The van der Waals surface area contributed by atoms with Crippen LogP contribution in [0.25, 0.3) is 0 Å². The zero-order valence-electron chi connectivity index (χ0n) is 9.61. The topological polar surface area (TPSA) is 51.2 Å². The third-order valence-corrected chi connectivity index (χ3v) is 2.10. The Morgan fingerprint density at radius 1 is 1.44 bits per heavy atom. The first-order valence-corrected chi connectivity index (χ1v) is 5.59. The minimum absolute atomic E-state index is 0.146. The highest BCUT2D eigenvalue weighted by molar-refractivity contribution is 5.69. The predicted molar refractivity (Wildman–Crippen MR) is 62.1 cm³/mol. The lowest BCUT2D eigenvalue weighted by Gasteiger charge is -2.04.